The monoisotopic (exact) mass is 320 g/mol. The number of allylic oxidation sites excluding steroid dienone is 2. The minimum Gasteiger partial charge on any atom is -0.345 e. The van der Waals surface area contributed by atoms with Crippen molar-refractivity contribution in [3.05, 3.63) is 38.5 Å². The molecule has 1 rings (SSSR count). The quantitative estimate of drug-likeness (QED) is 0.843. The van der Waals surface area contributed by atoms with Crippen LogP contribution in [-0.4, -0.2) is 0 Å². The molecule has 0 saturated carbocycles. The second-order valence-electron chi connectivity index (χ2n) is 3.30. The Labute approximate surface area is 118 Å². The lowest BCUT2D eigenvalue weighted by Gasteiger charge is -2.08. The molecule has 0 amide bonds. The van der Waals surface area contributed by atoms with Gasteiger partial charge in [-0.15, -0.1) is 0 Å². The van der Waals surface area contributed by atoms with Gasteiger partial charge >= 0.3 is 0 Å². The number of hydrogen-bond acceptors (Lipinski definition) is 4. The fourth-order valence-electron chi connectivity index (χ4n) is 1.23. The molecule has 18 heavy (non-hydrogen) atoms. The largest absolute Gasteiger partial charge is 0.345 e. The Balaban J connectivity index is 3.22. The molecule has 6 heteroatoms. The number of anilines is 1. The molecule has 0 atom stereocenters. The number of rotatable bonds is 2. The van der Waals surface area contributed by atoms with Gasteiger partial charge < -0.3 is 5.32 Å². The molecule has 88 valence electrons. The average molecular weight is 322 g/mol. The lowest BCUT2D eigenvalue weighted by atomic mass is 10.2. The van der Waals surface area contributed by atoms with Crippen LogP contribution in [0.3, 0.4) is 0 Å². The van der Waals surface area contributed by atoms with E-state index in [9.17, 15) is 0 Å². The van der Waals surface area contributed by atoms with Crippen molar-refractivity contribution >= 4 is 33.2 Å². The molecule has 0 fully saturated rings. The lowest BCUT2D eigenvalue weighted by molar-refractivity contribution is 1.36. The first-order valence-electron chi connectivity index (χ1n) is 4.70. The molecule has 4 nitrogen and oxygen atoms in total. The molecule has 0 aliphatic rings. The highest BCUT2D eigenvalue weighted by Crippen LogP contribution is 2.30. The van der Waals surface area contributed by atoms with Crippen LogP contribution in [0.1, 0.15) is 5.56 Å². The summed E-state index contributed by atoms with van der Waals surface area (Å²) in [4.78, 5) is 0. The number of nitrogens with zero attached hydrogens (tertiary/aromatic N) is 3. The van der Waals surface area contributed by atoms with Crippen LogP contribution in [0.25, 0.3) is 0 Å². The van der Waals surface area contributed by atoms with Crippen molar-refractivity contribution in [2.45, 2.75) is 6.92 Å². The van der Waals surface area contributed by atoms with Crippen LogP contribution in [0, 0.1) is 40.9 Å². The highest BCUT2D eigenvalue weighted by atomic mass is 79.9. The zero-order valence-corrected chi connectivity index (χ0v) is 11.6. The minimum atomic E-state index is -0.263. The smallest absolute Gasteiger partial charge is 0.163 e. The molecule has 0 radical (unpaired) electrons. The average Bonchev–Trinajstić information content (AvgIpc) is 2.35. The van der Waals surface area contributed by atoms with Gasteiger partial charge in [0.25, 0.3) is 0 Å². The number of nitriles is 3. The topological polar surface area (TPSA) is 83.4 Å². The Kier molecular flexibility index (Phi) is 4.75. The summed E-state index contributed by atoms with van der Waals surface area (Å²) >= 11 is 9.26. The van der Waals surface area contributed by atoms with E-state index < -0.39 is 0 Å². The van der Waals surface area contributed by atoms with Crippen molar-refractivity contribution in [2.75, 3.05) is 5.32 Å². The zero-order chi connectivity index (χ0) is 13.7. The second kappa shape index (κ2) is 6.07. The highest BCUT2D eigenvalue weighted by Gasteiger charge is 2.08. The number of aryl methyl sites for hydroxylation is 1. The van der Waals surface area contributed by atoms with E-state index in [4.69, 9.17) is 27.4 Å². The first kappa shape index (κ1) is 14.1. The van der Waals surface area contributed by atoms with E-state index in [0.29, 0.717) is 15.2 Å². The summed E-state index contributed by atoms with van der Waals surface area (Å²) < 4.78 is 0.666. The van der Waals surface area contributed by atoms with Gasteiger partial charge in [-0.2, -0.15) is 15.8 Å². The van der Waals surface area contributed by atoms with E-state index in [1.807, 2.05) is 6.92 Å². The van der Waals surface area contributed by atoms with Gasteiger partial charge in [0, 0.05) is 10.2 Å². The molecule has 0 unspecified atom stereocenters. The third-order valence-corrected chi connectivity index (χ3v) is 3.42. The Morgan fingerprint density at radius 2 is 1.83 bits per heavy atom. The van der Waals surface area contributed by atoms with E-state index in [1.165, 1.54) is 0 Å². The summed E-state index contributed by atoms with van der Waals surface area (Å²) in [5.74, 6) is 0. The fraction of sp³-hybridized carbons (Fsp3) is 0.0833. The van der Waals surface area contributed by atoms with E-state index in [0.717, 1.165) is 5.56 Å². The van der Waals surface area contributed by atoms with Crippen molar-refractivity contribution in [1.29, 1.82) is 15.8 Å². The van der Waals surface area contributed by atoms with E-state index >= 15 is 0 Å². The molecule has 0 aromatic heterocycles. The third kappa shape index (κ3) is 3.02. The molecule has 0 aliphatic carbocycles. The van der Waals surface area contributed by atoms with Crippen molar-refractivity contribution in [2.24, 2.45) is 0 Å². The molecule has 0 heterocycles. The molecule has 1 N–H and O–H groups in total. The highest BCUT2D eigenvalue weighted by molar-refractivity contribution is 9.10. The second-order valence-corrected chi connectivity index (χ2v) is 4.53. The van der Waals surface area contributed by atoms with Crippen molar-refractivity contribution in [1.82, 2.24) is 0 Å². The van der Waals surface area contributed by atoms with Gasteiger partial charge in [-0.25, -0.2) is 0 Å². The first-order valence-corrected chi connectivity index (χ1v) is 5.87. The first-order chi connectivity index (χ1) is 8.53. The SMILES string of the molecule is Cc1cc(NC(C#N)=C(C#N)C#N)cc(Br)c1Cl. The summed E-state index contributed by atoms with van der Waals surface area (Å²) in [6.45, 7) is 1.81. The minimum absolute atomic E-state index is 0.0892. The Morgan fingerprint density at radius 1 is 1.22 bits per heavy atom. The van der Waals surface area contributed by atoms with E-state index in [2.05, 4.69) is 21.2 Å². The Bertz CT molecular complexity index is 605. The standard InChI is InChI=1S/C12H6BrClN4/c1-7-2-9(3-10(13)12(7)14)18-11(6-17)8(4-15)5-16/h2-3,18H,1H3. The van der Waals surface area contributed by atoms with Crippen molar-refractivity contribution in [3.8, 4) is 18.2 Å². The maximum absolute atomic E-state index is 8.90. The van der Waals surface area contributed by atoms with Gasteiger partial charge in [-0.1, -0.05) is 11.6 Å². The van der Waals surface area contributed by atoms with Gasteiger partial charge in [0.2, 0.25) is 0 Å². The molecular formula is C12H6BrClN4. The molecule has 0 saturated heterocycles. The van der Waals surface area contributed by atoms with Gasteiger partial charge in [-0.3, -0.25) is 0 Å². The summed E-state index contributed by atoms with van der Waals surface area (Å²) in [7, 11) is 0. The van der Waals surface area contributed by atoms with E-state index in [1.54, 1.807) is 30.3 Å². The van der Waals surface area contributed by atoms with E-state index in [-0.39, 0.29) is 11.3 Å². The predicted molar refractivity (Wildman–Crippen MR) is 71.4 cm³/mol. The van der Waals surface area contributed by atoms with Crippen LogP contribution in [-0.2, 0) is 0 Å². The van der Waals surface area contributed by atoms with Gasteiger partial charge in [0.05, 0.1) is 5.02 Å². The summed E-state index contributed by atoms with van der Waals surface area (Å²) in [6.07, 6.45) is 0. The maximum atomic E-state index is 8.90. The Morgan fingerprint density at radius 3 is 2.28 bits per heavy atom. The lowest BCUT2D eigenvalue weighted by Crippen LogP contribution is -2.01. The molecular weight excluding hydrogens is 316 g/mol. The van der Waals surface area contributed by atoms with Crippen LogP contribution in [0.15, 0.2) is 27.9 Å². The summed E-state index contributed by atoms with van der Waals surface area (Å²) in [6, 6.07) is 8.48. The maximum Gasteiger partial charge on any atom is 0.163 e. The fourth-order valence-corrected chi connectivity index (χ4v) is 1.89. The predicted octanol–water partition coefficient (Wildman–Crippen LogP) is 3.65. The molecule has 0 aliphatic heterocycles. The zero-order valence-electron chi connectivity index (χ0n) is 9.25. The van der Waals surface area contributed by atoms with Crippen LogP contribution >= 0.6 is 27.5 Å². The van der Waals surface area contributed by atoms with Crippen LogP contribution in [0.4, 0.5) is 5.69 Å². The molecule has 0 spiro atoms. The van der Waals surface area contributed by atoms with Gasteiger partial charge in [0.15, 0.2) is 5.57 Å². The number of nitrogens with one attached hydrogen (secondary N) is 1. The van der Waals surface area contributed by atoms with Crippen molar-refractivity contribution in [3.63, 3.8) is 0 Å². The molecule has 1 aromatic rings. The van der Waals surface area contributed by atoms with Crippen LogP contribution < -0.4 is 5.32 Å². The molecule has 1 aromatic carbocycles. The number of benzene rings is 1. The van der Waals surface area contributed by atoms with Crippen LogP contribution in [0.2, 0.25) is 5.02 Å². The molecule has 0 bridgehead atoms. The van der Waals surface area contributed by atoms with Crippen LogP contribution in [0.5, 0.6) is 0 Å². The normalized spacial score (nSPS) is 8.67. The van der Waals surface area contributed by atoms with Crippen molar-refractivity contribution < 1.29 is 0 Å². The summed E-state index contributed by atoms with van der Waals surface area (Å²) in [5, 5.41) is 29.6. The van der Waals surface area contributed by atoms with Gasteiger partial charge in [-0.05, 0) is 40.5 Å². The number of hydrogen-bond donors (Lipinski definition) is 1. The Hall–Kier alpha value is -2.00. The third-order valence-electron chi connectivity index (χ3n) is 2.06. The summed E-state index contributed by atoms with van der Waals surface area (Å²) in [5.41, 5.74) is 1.03. The van der Waals surface area contributed by atoms with Gasteiger partial charge in [0.1, 0.15) is 23.9 Å². The number of halogens is 2.